The second-order valence-corrected chi connectivity index (χ2v) is 7.86. The molecule has 0 unspecified atom stereocenters. The summed E-state index contributed by atoms with van der Waals surface area (Å²) in [6, 6.07) is 11.8. The van der Waals surface area contributed by atoms with Crippen molar-refractivity contribution in [3.8, 4) is 0 Å². The van der Waals surface area contributed by atoms with E-state index in [1.165, 1.54) is 4.57 Å². The first-order valence-corrected chi connectivity index (χ1v) is 9.88. The van der Waals surface area contributed by atoms with Crippen LogP contribution in [0.4, 0.5) is 5.69 Å². The van der Waals surface area contributed by atoms with Gasteiger partial charge in [-0.2, -0.15) is 0 Å². The maximum Gasteiger partial charge on any atom is 0.332 e. The van der Waals surface area contributed by atoms with Gasteiger partial charge in [-0.1, -0.05) is 29.8 Å². The number of benzene rings is 2. The number of anilines is 1. The Bertz CT molecular complexity index is 1410. The number of furan rings is 1. The zero-order valence-electron chi connectivity index (χ0n) is 16.7. The summed E-state index contributed by atoms with van der Waals surface area (Å²) in [5.74, 6) is -0.414. The molecule has 0 aliphatic carbocycles. The second kappa shape index (κ2) is 7.50. The van der Waals surface area contributed by atoms with Crippen LogP contribution in [0.1, 0.15) is 25.5 Å². The molecule has 0 atom stereocenters. The van der Waals surface area contributed by atoms with Crippen LogP contribution in [-0.2, 0) is 11.3 Å². The quantitative estimate of drug-likeness (QED) is 0.533. The van der Waals surface area contributed by atoms with Gasteiger partial charge < -0.3 is 9.73 Å². The highest BCUT2D eigenvalue weighted by atomic mass is 35.5. The zero-order valence-corrected chi connectivity index (χ0v) is 17.5. The number of para-hydroxylation sites is 1. The average Bonchev–Trinajstić information content (AvgIpc) is 3.08. The minimum absolute atomic E-state index is 0.0521. The Labute approximate surface area is 176 Å². The fourth-order valence-electron chi connectivity index (χ4n) is 3.53. The lowest BCUT2D eigenvalue weighted by Gasteiger charge is -2.14. The number of carbonyl (C=O) groups excluding carboxylic acids is 1. The van der Waals surface area contributed by atoms with E-state index in [9.17, 15) is 14.4 Å². The highest BCUT2D eigenvalue weighted by Crippen LogP contribution is 2.26. The monoisotopic (exact) mass is 425 g/mol. The van der Waals surface area contributed by atoms with Gasteiger partial charge in [0.25, 0.3) is 5.56 Å². The van der Waals surface area contributed by atoms with Gasteiger partial charge in [-0.05, 0) is 50.6 Å². The summed E-state index contributed by atoms with van der Waals surface area (Å²) in [6.07, 6.45) is 0. The van der Waals surface area contributed by atoms with Crippen molar-refractivity contribution in [2.45, 2.75) is 33.4 Å². The van der Waals surface area contributed by atoms with E-state index in [4.69, 9.17) is 16.0 Å². The van der Waals surface area contributed by atoms with Gasteiger partial charge in [0, 0.05) is 22.1 Å². The van der Waals surface area contributed by atoms with Crippen molar-refractivity contribution in [2.24, 2.45) is 0 Å². The van der Waals surface area contributed by atoms with E-state index in [0.29, 0.717) is 27.2 Å². The number of aromatic nitrogens is 2. The van der Waals surface area contributed by atoms with Gasteiger partial charge in [0.2, 0.25) is 11.5 Å². The largest absolute Gasteiger partial charge is 0.449 e. The van der Waals surface area contributed by atoms with E-state index in [1.54, 1.807) is 56.3 Å². The molecule has 0 aliphatic rings. The van der Waals surface area contributed by atoms with Crippen molar-refractivity contribution in [1.82, 2.24) is 9.13 Å². The Morgan fingerprint density at radius 3 is 2.63 bits per heavy atom. The predicted molar refractivity (Wildman–Crippen MR) is 117 cm³/mol. The Morgan fingerprint density at radius 2 is 1.90 bits per heavy atom. The molecule has 2 heterocycles. The van der Waals surface area contributed by atoms with E-state index in [2.05, 4.69) is 5.32 Å². The van der Waals surface area contributed by atoms with E-state index in [-0.39, 0.29) is 12.1 Å². The van der Waals surface area contributed by atoms with Gasteiger partial charge in [0.1, 0.15) is 17.6 Å². The fraction of sp³-hybridized carbons (Fsp3) is 0.227. The van der Waals surface area contributed by atoms with Crippen molar-refractivity contribution < 1.29 is 9.21 Å². The number of carbonyl (C=O) groups is 1. The summed E-state index contributed by atoms with van der Waals surface area (Å²) in [6.45, 7) is 5.03. The summed E-state index contributed by atoms with van der Waals surface area (Å²) >= 11 is 6.03. The molecular formula is C22H20ClN3O4. The molecule has 0 fully saturated rings. The van der Waals surface area contributed by atoms with Crippen molar-refractivity contribution in [3.63, 3.8) is 0 Å². The fourth-order valence-corrected chi connectivity index (χ4v) is 3.70. The molecule has 7 nitrogen and oxygen atoms in total. The van der Waals surface area contributed by atoms with Crippen molar-refractivity contribution >= 4 is 45.3 Å². The van der Waals surface area contributed by atoms with Crippen LogP contribution in [0, 0.1) is 6.92 Å². The van der Waals surface area contributed by atoms with Gasteiger partial charge in [0.15, 0.2) is 0 Å². The number of hydrogen-bond donors (Lipinski definition) is 1. The zero-order chi connectivity index (χ0) is 21.6. The van der Waals surface area contributed by atoms with E-state index in [1.807, 2.05) is 6.92 Å². The Morgan fingerprint density at radius 1 is 1.17 bits per heavy atom. The standard InChI is InChI=1S/C22H20ClN3O4/c1-12(2)26-21(28)20-19(15-6-4-5-7-17(15)30-20)25(22(26)29)11-18(27)24-16-10-14(23)9-8-13(16)3/h4-10,12H,11H2,1-3H3,(H,24,27). The average molecular weight is 426 g/mol. The number of amides is 1. The molecule has 8 heteroatoms. The van der Waals surface area contributed by atoms with Crippen LogP contribution < -0.4 is 16.6 Å². The van der Waals surface area contributed by atoms with E-state index in [0.717, 1.165) is 10.1 Å². The minimum atomic E-state index is -0.563. The number of rotatable bonds is 4. The van der Waals surface area contributed by atoms with Crippen molar-refractivity contribution in [3.05, 3.63) is 73.9 Å². The lowest BCUT2D eigenvalue weighted by Crippen LogP contribution is -2.42. The normalized spacial score (nSPS) is 11.5. The van der Waals surface area contributed by atoms with Crippen molar-refractivity contribution in [2.75, 3.05) is 5.32 Å². The van der Waals surface area contributed by atoms with E-state index < -0.39 is 23.2 Å². The Balaban J connectivity index is 1.89. The molecule has 4 rings (SSSR count). The molecule has 0 aliphatic heterocycles. The summed E-state index contributed by atoms with van der Waals surface area (Å²) in [5, 5.41) is 3.89. The second-order valence-electron chi connectivity index (χ2n) is 7.42. The molecule has 0 saturated heterocycles. The number of nitrogens with one attached hydrogen (secondary N) is 1. The summed E-state index contributed by atoms with van der Waals surface area (Å²) in [4.78, 5) is 38.9. The van der Waals surface area contributed by atoms with Crippen LogP contribution in [0.2, 0.25) is 5.02 Å². The first-order valence-electron chi connectivity index (χ1n) is 9.50. The molecule has 0 saturated carbocycles. The molecule has 0 spiro atoms. The first-order chi connectivity index (χ1) is 14.3. The van der Waals surface area contributed by atoms with Crippen LogP contribution in [0.15, 0.2) is 56.5 Å². The molecular weight excluding hydrogens is 406 g/mol. The van der Waals surface area contributed by atoms with Gasteiger partial charge in [0.05, 0.1) is 0 Å². The SMILES string of the molecule is Cc1ccc(Cl)cc1NC(=O)Cn1c(=O)n(C(C)C)c(=O)c2oc3ccccc3c21. The topological polar surface area (TPSA) is 86.2 Å². The predicted octanol–water partition coefficient (Wildman–Crippen LogP) is 4.09. The Hall–Kier alpha value is -3.32. The molecule has 30 heavy (non-hydrogen) atoms. The summed E-state index contributed by atoms with van der Waals surface area (Å²) < 4.78 is 8.15. The minimum Gasteiger partial charge on any atom is -0.449 e. The number of halogens is 1. The van der Waals surface area contributed by atoms with Crippen LogP contribution in [-0.4, -0.2) is 15.0 Å². The molecule has 2 aromatic carbocycles. The molecule has 1 amide bonds. The number of fused-ring (bicyclic) bond motifs is 3. The maximum atomic E-state index is 13.2. The first kappa shape index (κ1) is 20.0. The highest BCUT2D eigenvalue weighted by Gasteiger charge is 2.22. The lowest BCUT2D eigenvalue weighted by molar-refractivity contribution is -0.116. The molecule has 2 aromatic heterocycles. The third kappa shape index (κ3) is 3.31. The number of aryl methyl sites for hydroxylation is 1. The number of hydrogen-bond acceptors (Lipinski definition) is 4. The van der Waals surface area contributed by atoms with Crippen LogP contribution in [0.3, 0.4) is 0 Å². The third-order valence-corrected chi connectivity index (χ3v) is 5.22. The van der Waals surface area contributed by atoms with Crippen molar-refractivity contribution in [1.29, 1.82) is 0 Å². The molecule has 0 bridgehead atoms. The van der Waals surface area contributed by atoms with Gasteiger partial charge in [-0.25, -0.2) is 4.79 Å². The molecule has 1 N–H and O–H groups in total. The van der Waals surface area contributed by atoms with Gasteiger partial charge in [-0.3, -0.25) is 18.7 Å². The smallest absolute Gasteiger partial charge is 0.332 e. The van der Waals surface area contributed by atoms with Gasteiger partial charge >= 0.3 is 5.69 Å². The molecule has 4 aromatic rings. The Kier molecular flexibility index (Phi) is 4.99. The summed E-state index contributed by atoms with van der Waals surface area (Å²) in [7, 11) is 0. The van der Waals surface area contributed by atoms with Gasteiger partial charge in [-0.15, -0.1) is 0 Å². The maximum absolute atomic E-state index is 13.2. The number of nitrogens with zero attached hydrogens (tertiary/aromatic N) is 2. The van der Waals surface area contributed by atoms with E-state index >= 15 is 0 Å². The summed E-state index contributed by atoms with van der Waals surface area (Å²) in [5.41, 5.74) is 1.17. The van der Waals surface area contributed by atoms with Crippen LogP contribution in [0.5, 0.6) is 0 Å². The van der Waals surface area contributed by atoms with Crippen LogP contribution in [0.25, 0.3) is 22.1 Å². The molecule has 154 valence electrons. The molecule has 0 radical (unpaired) electrons. The lowest BCUT2D eigenvalue weighted by atomic mass is 10.2. The highest BCUT2D eigenvalue weighted by molar-refractivity contribution is 6.31. The third-order valence-electron chi connectivity index (χ3n) is 4.98. The van der Waals surface area contributed by atoms with Crippen LogP contribution >= 0.6 is 11.6 Å².